The Morgan fingerprint density at radius 2 is 1.88 bits per heavy atom. The van der Waals surface area contributed by atoms with Crippen molar-refractivity contribution in [1.82, 2.24) is 14.3 Å². The minimum atomic E-state index is -4.51. The molecule has 0 bridgehead atoms. The normalized spacial score (nSPS) is 17.5. The molecule has 0 spiro atoms. The van der Waals surface area contributed by atoms with Crippen molar-refractivity contribution >= 4 is 17.2 Å². The van der Waals surface area contributed by atoms with Crippen LogP contribution >= 0.6 is 0 Å². The standard InChI is InChI=1S/C17H13F3N4O/c18-17(19,20)10-24-15(13-9-23-8-4-3-7-14(23)21-13)22-12-6-2-1-5-11(12)16(24)25/h1-9,15,22H,10H2/t15-/m1/s1. The van der Waals surface area contributed by atoms with E-state index in [0.717, 1.165) is 4.90 Å². The number of para-hydroxylation sites is 1. The average molecular weight is 346 g/mol. The van der Waals surface area contributed by atoms with Gasteiger partial charge in [0.2, 0.25) is 0 Å². The van der Waals surface area contributed by atoms with Gasteiger partial charge in [-0.3, -0.25) is 4.79 Å². The first-order valence-electron chi connectivity index (χ1n) is 7.59. The maximum Gasteiger partial charge on any atom is 0.406 e. The van der Waals surface area contributed by atoms with Crippen LogP contribution in [0.2, 0.25) is 0 Å². The molecule has 0 radical (unpaired) electrons. The number of benzene rings is 1. The number of hydrogen-bond donors (Lipinski definition) is 1. The second-order valence-corrected chi connectivity index (χ2v) is 5.77. The molecule has 1 aliphatic rings. The van der Waals surface area contributed by atoms with Crippen molar-refractivity contribution in [3.05, 3.63) is 66.1 Å². The summed E-state index contributed by atoms with van der Waals surface area (Å²) in [7, 11) is 0. The molecule has 0 aliphatic carbocycles. The average Bonchev–Trinajstić information content (AvgIpc) is 3.00. The Balaban J connectivity index is 1.81. The van der Waals surface area contributed by atoms with Crippen LogP contribution in [0, 0.1) is 0 Å². The van der Waals surface area contributed by atoms with Crippen molar-refractivity contribution in [3.63, 3.8) is 0 Å². The van der Waals surface area contributed by atoms with Crippen LogP contribution in [0.3, 0.4) is 0 Å². The number of alkyl halides is 3. The second-order valence-electron chi connectivity index (χ2n) is 5.77. The van der Waals surface area contributed by atoms with Crippen LogP contribution in [0.25, 0.3) is 5.65 Å². The van der Waals surface area contributed by atoms with E-state index < -0.39 is 24.8 Å². The van der Waals surface area contributed by atoms with Gasteiger partial charge in [-0.1, -0.05) is 18.2 Å². The highest BCUT2D eigenvalue weighted by Crippen LogP contribution is 2.34. The van der Waals surface area contributed by atoms with E-state index in [1.165, 1.54) is 6.07 Å². The molecular weight excluding hydrogens is 333 g/mol. The molecule has 5 nitrogen and oxygen atoms in total. The quantitative estimate of drug-likeness (QED) is 0.773. The number of nitrogens with zero attached hydrogens (tertiary/aromatic N) is 3. The number of fused-ring (bicyclic) bond motifs is 2. The highest BCUT2D eigenvalue weighted by atomic mass is 19.4. The van der Waals surface area contributed by atoms with Crippen LogP contribution in [0.1, 0.15) is 22.2 Å². The molecule has 4 rings (SSSR count). The lowest BCUT2D eigenvalue weighted by molar-refractivity contribution is -0.144. The Hall–Kier alpha value is -3.03. The number of halogens is 3. The van der Waals surface area contributed by atoms with Crippen molar-refractivity contribution < 1.29 is 18.0 Å². The predicted octanol–water partition coefficient (Wildman–Crippen LogP) is 3.46. The number of amides is 1. The van der Waals surface area contributed by atoms with Gasteiger partial charge >= 0.3 is 6.18 Å². The maximum atomic E-state index is 13.0. The summed E-state index contributed by atoms with van der Waals surface area (Å²) in [5, 5.41) is 3.01. The minimum Gasteiger partial charge on any atom is -0.359 e. The van der Waals surface area contributed by atoms with E-state index in [1.807, 2.05) is 0 Å². The Labute approximate surface area is 140 Å². The fourth-order valence-corrected chi connectivity index (χ4v) is 2.97. The summed E-state index contributed by atoms with van der Waals surface area (Å²) in [6.45, 7) is -1.36. The molecule has 3 aromatic rings. The first-order chi connectivity index (χ1) is 11.9. The molecule has 3 heterocycles. The zero-order valence-electron chi connectivity index (χ0n) is 12.9. The van der Waals surface area contributed by atoms with Gasteiger partial charge in [-0.25, -0.2) is 4.98 Å². The third kappa shape index (κ3) is 2.79. The summed E-state index contributed by atoms with van der Waals surface area (Å²) in [4.78, 5) is 17.8. The molecule has 0 unspecified atom stereocenters. The number of imidazole rings is 1. The van der Waals surface area contributed by atoms with E-state index in [4.69, 9.17) is 0 Å². The largest absolute Gasteiger partial charge is 0.406 e. The van der Waals surface area contributed by atoms with Gasteiger partial charge < -0.3 is 14.6 Å². The topological polar surface area (TPSA) is 49.6 Å². The molecule has 1 atom stereocenters. The van der Waals surface area contributed by atoms with Crippen LogP contribution in [0.15, 0.2) is 54.9 Å². The highest BCUT2D eigenvalue weighted by molar-refractivity contribution is 6.01. The van der Waals surface area contributed by atoms with Gasteiger partial charge in [-0.05, 0) is 24.3 Å². The SMILES string of the molecule is O=C1c2ccccc2N[C@@H](c2cn3ccccc3n2)N1CC(F)(F)F. The van der Waals surface area contributed by atoms with Gasteiger partial charge in [-0.15, -0.1) is 0 Å². The summed E-state index contributed by atoms with van der Waals surface area (Å²) in [6.07, 6.45) is -2.14. The number of carbonyl (C=O) groups is 1. The summed E-state index contributed by atoms with van der Waals surface area (Å²) in [6, 6.07) is 11.8. The lowest BCUT2D eigenvalue weighted by atomic mass is 10.1. The van der Waals surface area contributed by atoms with Crippen molar-refractivity contribution in [3.8, 4) is 0 Å². The van der Waals surface area contributed by atoms with Crippen molar-refractivity contribution in [2.45, 2.75) is 12.3 Å². The Bertz CT molecular complexity index is 917. The molecule has 1 amide bonds. The van der Waals surface area contributed by atoms with Gasteiger partial charge in [0, 0.05) is 18.1 Å². The fraction of sp³-hybridized carbons (Fsp3) is 0.176. The predicted molar refractivity (Wildman–Crippen MR) is 85.1 cm³/mol. The van der Waals surface area contributed by atoms with Crippen LogP contribution in [-0.4, -0.2) is 32.9 Å². The van der Waals surface area contributed by atoms with E-state index in [-0.39, 0.29) is 5.56 Å². The van der Waals surface area contributed by atoms with Gasteiger partial charge in [0.25, 0.3) is 5.91 Å². The van der Waals surface area contributed by atoms with Crippen LogP contribution in [0.5, 0.6) is 0 Å². The zero-order valence-corrected chi connectivity index (χ0v) is 12.9. The Kier molecular flexibility index (Phi) is 3.41. The van der Waals surface area contributed by atoms with Crippen LogP contribution in [-0.2, 0) is 0 Å². The molecule has 0 fully saturated rings. The molecule has 0 saturated carbocycles. The summed E-state index contributed by atoms with van der Waals surface area (Å²) >= 11 is 0. The Morgan fingerprint density at radius 1 is 1.12 bits per heavy atom. The molecule has 25 heavy (non-hydrogen) atoms. The molecule has 0 saturated heterocycles. The maximum absolute atomic E-state index is 13.0. The van der Waals surface area contributed by atoms with Crippen LogP contribution in [0.4, 0.5) is 18.9 Å². The summed E-state index contributed by atoms with van der Waals surface area (Å²) in [5.74, 6) is -0.672. The number of hydrogen-bond acceptors (Lipinski definition) is 3. The third-order valence-electron chi connectivity index (χ3n) is 4.03. The van der Waals surface area contributed by atoms with E-state index in [0.29, 0.717) is 17.0 Å². The summed E-state index contributed by atoms with van der Waals surface area (Å²) in [5.41, 5.74) is 1.65. The molecule has 1 N–H and O–H groups in total. The molecule has 2 aromatic heterocycles. The fourth-order valence-electron chi connectivity index (χ4n) is 2.97. The number of anilines is 1. The van der Waals surface area contributed by atoms with Crippen molar-refractivity contribution in [1.29, 1.82) is 0 Å². The number of nitrogens with one attached hydrogen (secondary N) is 1. The lowest BCUT2D eigenvalue weighted by Crippen LogP contribution is -2.47. The second kappa shape index (κ2) is 5.51. The van der Waals surface area contributed by atoms with E-state index in [2.05, 4.69) is 10.3 Å². The number of rotatable bonds is 2. The molecular formula is C17H13F3N4O. The molecule has 1 aliphatic heterocycles. The van der Waals surface area contributed by atoms with E-state index in [9.17, 15) is 18.0 Å². The lowest BCUT2D eigenvalue weighted by Gasteiger charge is -2.37. The minimum absolute atomic E-state index is 0.215. The van der Waals surface area contributed by atoms with E-state index >= 15 is 0 Å². The van der Waals surface area contributed by atoms with Crippen molar-refractivity contribution in [2.24, 2.45) is 0 Å². The first kappa shape index (κ1) is 15.5. The monoisotopic (exact) mass is 346 g/mol. The molecule has 8 heteroatoms. The molecule has 1 aromatic carbocycles. The van der Waals surface area contributed by atoms with Crippen molar-refractivity contribution in [2.75, 3.05) is 11.9 Å². The number of pyridine rings is 1. The number of aromatic nitrogens is 2. The first-order valence-corrected chi connectivity index (χ1v) is 7.59. The van der Waals surface area contributed by atoms with Gasteiger partial charge in [0.05, 0.1) is 5.56 Å². The van der Waals surface area contributed by atoms with E-state index in [1.54, 1.807) is 53.2 Å². The van der Waals surface area contributed by atoms with Crippen LogP contribution < -0.4 is 5.32 Å². The number of carbonyl (C=O) groups excluding carboxylic acids is 1. The molecule has 128 valence electrons. The third-order valence-corrected chi connectivity index (χ3v) is 4.03. The highest BCUT2D eigenvalue weighted by Gasteiger charge is 2.41. The van der Waals surface area contributed by atoms with Gasteiger partial charge in [0.15, 0.2) is 0 Å². The smallest absolute Gasteiger partial charge is 0.359 e. The Morgan fingerprint density at radius 3 is 2.64 bits per heavy atom. The van der Waals surface area contributed by atoms with Gasteiger partial charge in [0.1, 0.15) is 24.1 Å². The zero-order chi connectivity index (χ0) is 17.6. The van der Waals surface area contributed by atoms with Gasteiger partial charge in [-0.2, -0.15) is 13.2 Å². The summed E-state index contributed by atoms with van der Waals surface area (Å²) < 4.78 is 40.8.